The van der Waals surface area contributed by atoms with Crippen LogP contribution < -0.4 is 4.74 Å². The number of aryl methyl sites for hydroxylation is 2. The van der Waals surface area contributed by atoms with Gasteiger partial charge < -0.3 is 4.74 Å². The van der Waals surface area contributed by atoms with E-state index in [2.05, 4.69) is 38.1 Å². The summed E-state index contributed by atoms with van der Waals surface area (Å²) in [5, 5.41) is 4.81. The molecule has 0 aliphatic carbocycles. The van der Waals surface area contributed by atoms with Gasteiger partial charge in [0.25, 0.3) is 0 Å². The highest BCUT2D eigenvalue weighted by atomic mass is 16.5. The number of hydrogen-bond acceptors (Lipinski definition) is 3. The number of esters is 1. The molecule has 180 valence electrons. The van der Waals surface area contributed by atoms with Gasteiger partial charge >= 0.3 is 5.97 Å². The van der Waals surface area contributed by atoms with Gasteiger partial charge in [-0.2, -0.15) is 5.10 Å². The van der Waals surface area contributed by atoms with Gasteiger partial charge in [0.2, 0.25) is 5.88 Å². The van der Waals surface area contributed by atoms with E-state index in [-0.39, 0.29) is 17.8 Å². The van der Waals surface area contributed by atoms with Crippen molar-refractivity contribution in [2.24, 2.45) is 5.92 Å². The van der Waals surface area contributed by atoms with E-state index >= 15 is 0 Å². The number of benzene rings is 2. The van der Waals surface area contributed by atoms with Crippen LogP contribution in [-0.4, -0.2) is 15.7 Å². The number of nitrogens with zero attached hydrogens (tertiary/aromatic N) is 2. The first-order chi connectivity index (χ1) is 16.6. The summed E-state index contributed by atoms with van der Waals surface area (Å²) in [6.45, 7) is 6.39. The second kappa shape index (κ2) is 11.5. The lowest BCUT2D eigenvalue weighted by atomic mass is 9.76. The number of aromatic nitrogens is 2. The van der Waals surface area contributed by atoms with Crippen molar-refractivity contribution in [3.05, 3.63) is 77.0 Å². The fourth-order valence-electron chi connectivity index (χ4n) is 5.18. The molecule has 0 amide bonds. The molecule has 4 heteroatoms. The minimum absolute atomic E-state index is 0.0288. The number of carbonyl (C=O) groups excluding carboxylic acids is 1. The molecule has 4 nitrogen and oxygen atoms in total. The molecule has 1 aliphatic heterocycles. The third-order valence-corrected chi connectivity index (χ3v) is 7.08. The van der Waals surface area contributed by atoms with Crippen molar-refractivity contribution in [2.45, 2.75) is 84.5 Å². The fraction of sp³-hybridized carbons (Fsp3) is 0.467. The molecule has 0 spiro atoms. The van der Waals surface area contributed by atoms with E-state index in [1.807, 2.05) is 37.3 Å². The Kier molecular flexibility index (Phi) is 8.21. The Morgan fingerprint density at radius 3 is 2.18 bits per heavy atom. The van der Waals surface area contributed by atoms with Crippen LogP contribution in [0.15, 0.2) is 54.6 Å². The predicted molar refractivity (Wildman–Crippen MR) is 138 cm³/mol. The van der Waals surface area contributed by atoms with Crippen molar-refractivity contribution < 1.29 is 9.53 Å². The minimum Gasteiger partial charge on any atom is -0.407 e. The topological polar surface area (TPSA) is 44.1 Å². The summed E-state index contributed by atoms with van der Waals surface area (Å²) >= 11 is 0. The van der Waals surface area contributed by atoms with Gasteiger partial charge in [-0.25, -0.2) is 4.68 Å². The SMILES string of the molecule is CCCCCCCCCC[C@@H]1C(=O)Oc2c(c(C)nn2-c2ccccc2)[C@@H]1c1ccc(C)cc1. The Bertz CT molecular complexity index is 1070. The first-order valence-corrected chi connectivity index (χ1v) is 13.0. The highest BCUT2D eigenvalue weighted by Crippen LogP contribution is 2.46. The number of carbonyl (C=O) groups is 1. The van der Waals surface area contributed by atoms with Crippen molar-refractivity contribution in [3.63, 3.8) is 0 Å². The van der Waals surface area contributed by atoms with Gasteiger partial charge in [0, 0.05) is 11.5 Å². The molecule has 0 N–H and O–H groups in total. The maximum Gasteiger partial charge on any atom is 0.316 e. The van der Waals surface area contributed by atoms with Crippen LogP contribution >= 0.6 is 0 Å². The van der Waals surface area contributed by atoms with Crippen LogP contribution in [0.1, 0.15) is 93.0 Å². The van der Waals surface area contributed by atoms with Gasteiger partial charge in [0.15, 0.2) is 0 Å². The van der Waals surface area contributed by atoms with Gasteiger partial charge in [-0.3, -0.25) is 4.79 Å². The lowest BCUT2D eigenvalue weighted by Gasteiger charge is -2.31. The fourth-order valence-corrected chi connectivity index (χ4v) is 5.18. The Morgan fingerprint density at radius 2 is 1.50 bits per heavy atom. The summed E-state index contributed by atoms with van der Waals surface area (Å²) in [4.78, 5) is 13.4. The van der Waals surface area contributed by atoms with E-state index in [0.717, 1.165) is 29.8 Å². The monoisotopic (exact) mass is 458 g/mol. The van der Waals surface area contributed by atoms with Crippen molar-refractivity contribution in [1.29, 1.82) is 0 Å². The molecule has 0 saturated carbocycles. The van der Waals surface area contributed by atoms with Crippen LogP contribution in [-0.2, 0) is 4.79 Å². The largest absolute Gasteiger partial charge is 0.407 e. The molecule has 2 atom stereocenters. The van der Waals surface area contributed by atoms with Gasteiger partial charge in [-0.1, -0.05) is 106 Å². The molecule has 34 heavy (non-hydrogen) atoms. The van der Waals surface area contributed by atoms with Crippen molar-refractivity contribution >= 4 is 5.97 Å². The summed E-state index contributed by atoms with van der Waals surface area (Å²) < 4.78 is 7.80. The van der Waals surface area contributed by atoms with E-state index in [4.69, 9.17) is 9.84 Å². The smallest absolute Gasteiger partial charge is 0.316 e. The van der Waals surface area contributed by atoms with Gasteiger partial charge in [-0.05, 0) is 38.0 Å². The van der Waals surface area contributed by atoms with Crippen LogP contribution in [0, 0.1) is 19.8 Å². The third kappa shape index (κ3) is 5.43. The molecule has 1 aromatic heterocycles. The quantitative estimate of drug-likeness (QED) is 0.218. The van der Waals surface area contributed by atoms with Gasteiger partial charge in [-0.15, -0.1) is 0 Å². The normalized spacial score (nSPS) is 17.4. The predicted octanol–water partition coefficient (Wildman–Crippen LogP) is 7.69. The number of ether oxygens (including phenoxy) is 1. The molecular weight excluding hydrogens is 420 g/mol. The van der Waals surface area contributed by atoms with Crippen LogP contribution in [0.5, 0.6) is 5.88 Å². The van der Waals surface area contributed by atoms with E-state index in [1.54, 1.807) is 4.68 Å². The number of hydrogen-bond donors (Lipinski definition) is 0. The van der Waals surface area contributed by atoms with E-state index in [9.17, 15) is 4.79 Å². The van der Waals surface area contributed by atoms with Crippen molar-refractivity contribution in [1.82, 2.24) is 9.78 Å². The van der Waals surface area contributed by atoms with Crippen LogP contribution in [0.2, 0.25) is 0 Å². The molecule has 1 aliphatic rings. The number of fused-ring (bicyclic) bond motifs is 1. The molecule has 0 unspecified atom stereocenters. The van der Waals surface area contributed by atoms with E-state index in [1.165, 1.54) is 56.1 Å². The zero-order chi connectivity index (χ0) is 23.9. The summed E-state index contributed by atoms with van der Waals surface area (Å²) in [5.41, 5.74) is 5.28. The number of para-hydroxylation sites is 1. The molecule has 0 bridgehead atoms. The Morgan fingerprint density at radius 1 is 0.853 bits per heavy atom. The highest BCUT2D eigenvalue weighted by Gasteiger charge is 2.42. The van der Waals surface area contributed by atoms with Crippen LogP contribution in [0.4, 0.5) is 0 Å². The van der Waals surface area contributed by atoms with Crippen LogP contribution in [0.25, 0.3) is 5.69 Å². The lowest BCUT2D eigenvalue weighted by Crippen LogP contribution is -2.33. The van der Waals surface area contributed by atoms with Crippen molar-refractivity contribution in [2.75, 3.05) is 0 Å². The molecule has 3 aromatic rings. The average molecular weight is 459 g/mol. The first-order valence-electron chi connectivity index (χ1n) is 13.0. The highest BCUT2D eigenvalue weighted by molar-refractivity contribution is 5.80. The Balaban J connectivity index is 1.58. The molecule has 0 saturated heterocycles. The summed E-state index contributed by atoms with van der Waals surface area (Å²) in [6.07, 6.45) is 10.9. The summed E-state index contributed by atoms with van der Waals surface area (Å²) in [7, 11) is 0. The minimum atomic E-state index is -0.178. The second-order valence-corrected chi connectivity index (χ2v) is 9.73. The first kappa shape index (κ1) is 24.3. The third-order valence-electron chi connectivity index (χ3n) is 7.08. The molecule has 2 aromatic carbocycles. The van der Waals surface area contributed by atoms with Crippen LogP contribution in [0.3, 0.4) is 0 Å². The maximum atomic E-state index is 13.4. The zero-order valence-electron chi connectivity index (χ0n) is 20.9. The summed E-state index contributed by atoms with van der Waals surface area (Å²) in [6, 6.07) is 18.5. The van der Waals surface area contributed by atoms with E-state index < -0.39 is 0 Å². The van der Waals surface area contributed by atoms with E-state index in [0.29, 0.717) is 5.88 Å². The molecule has 0 radical (unpaired) electrons. The maximum absolute atomic E-state index is 13.4. The summed E-state index contributed by atoms with van der Waals surface area (Å²) in [5.74, 6) is 0.242. The molecule has 4 rings (SSSR count). The Hall–Kier alpha value is -2.88. The van der Waals surface area contributed by atoms with Gasteiger partial charge in [0.1, 0.15) is 0 Å². The van der Waals surface area contributed by atoms with Gasteiger partial charge in [0.05, 0.1) is 17.3 Å². The van der Waals surface area contributed by atoms with Crippen molar-refractivity contribution in [3.8, 4) is 11.6 Å². The second-order valence-electron chi connectivity index (χ2n) is 9.73. The molecule has 0 fully saturated rings. The number of rotatable bonds is 11. The Labute approximate surface area is 204 Å². The zero-order valence-corrected chi connectivity index (χ0v) is 20.9. The number of unbranched alkanes of at least 4 members (excludes halogenated alkanes) is 7. The molecule has 2 heterocycles. The lowest BCUT2D eigenvalue weighted by molar-refractivity contribution is -0.141. The standard InChI is InChI=1S/C30H38N2O2/c1-4-5-6-7-8-9-10-14-17-26-28(24-20-18-22(2)19-21-24)27-23(3)31-32(29(27)34-30(26)33)25-15-12-11-13-16-25/h11-13,15-16,18-21,26,28H,4-10,14,17H2,1-3H3/t26-,28+/m0/s1. The molecular formula is C30H38N2O2. The average Bonchev–Trinajstić information content (AvgIpc) is 3.17.